The summed E-state index contributed by atoms with van der Waals surface area (Å²) in [6.45, 7) is 4.74. The molecule has 126 valence electrons. The third kappa shape index (κ3) is 2.60. The van der Waals surface area contributed by atoms with Gasteiger partial charge in [-0.25, -0.2) is 0 Å². The summed E-state index contributed by atoms with van der Waals surface area (Å²) >= 11 is 0. The monoisotopic (exact) mass is 327 g/mol. The van der Waals surface area contributed by atoms with Crippen molar-refractivity contribution in [2.75, 3.05) is 13.2 Å². The van der Waals surface area contributed by atoms with Crippen LogP contribution in [0.4, 0.5) is 0 Å². The molecule has 2 aliphatic rings. The lowest BCUT2D eigenvalue weighted by molar-refractivity contribution is -0.0600. The first-order chi connectivity index (χ1) is 11.6. The number of benzene rings is 1. The molecule has 4 rings (SSSR count). The highest BCUT2D eigenvalue weighted by molar-refractivity contribution is 5.95. The van der Waals surface area contributed by atoms with Gasteiger partial charge in [0.05, 0.1) is 12.7 Å². The molecule has 0 N–H and O–H groups in total. The van der Waals surface area contributed by atoms with E-state index in [0.717, 1.165) is 18.4 Å². The van der Waals surface area contributed by atoms with Gasteiger partial charge >= 0.3 is 0 Å². The third-order valence-corrected chi connectivity index (χ3v) is 4.90. The topological polar surface area (TPSA) is 68.5 Å². The molecule has 0 spiro atoms. The molecule has 0 saturated carbocycles. The maximum absolute atomic E-state index is 13.1. The number of nitrogens with zero attached hydrogens (tertiary/aromatic N) is 3. The molecule has 2 aromatic rings. The number of fused-ring (bicyclic) bond motifs is 1. The van der Waals surface area contributed by atoms with Crippen LogP contribution in [0.2, 0.25) is 0 Å². The Balaban J connectivity index is 1.66. The van der Waals surface area contributed by atoms with E-state index in [1.54, 1.807) is 11.8 Å². The molecule has 6 nitrogen and oxygen atoms in total. The molecule has 1 aliphatic carbocycles. The normalized spacial score (nSPS) is 23.3. The quantitative estimate of drug-likeness (QED) is 0.847. The number of amides is 1. The summed E-state index contributed by atoms with van der Waals surface area (Å²) in [5.74, 6) is 1.00. The van der Waals surface area contributed by atoms with Crippen molar-refractivity contribution in [3.05, 3.63) is 46.6 Å². The van der Waals surface area contributed by atoms with Crippen LogP contribution in [0, 0.1) is 6.92 Å². The van der Waals surface area contributed by atoms with Crippen LogP contribution in [-0.2, 0) is 17.6 Å². The smallest absolute Gasteiger partial charge is 0.254 e. The molecule has 6 heteroatoms. The van der Waals surface area contributed by atoms with Gasteiger partial charge < -0.3 is 14.2 Å². The number of aromatic nitrogens is 2. The van der Waals surface area contributed by atoms with Gasteiger partial charge in [-0.15, -0.1) is 0 Å². The number of aryl methyl sites for hydroxylation is 3. The number of morpholine rings is 1. The van der Waals surface area contributed by atoms with E-state index < -0.39 is 0 Å². The second kappa shape index (κ2) is 6.02. The summed E-state index contributed by atoms with van der Waals surface area (Å²) in [4.78, 5) is 19.2. The first-order valence-electron chi connectivity index (χ1n) is 8.48. The van der Waals surface area contributed by atoms with Crippen molar-refractivity contribution in [3.8, 4) is 0 Å². The fourth-order valence-corrected chi connectivity index (χ4v) is 3.69. The van der Waals surface area contributed by atoms with E-state index in [1.807, 2.05) is 19.1 Å². The highest BCUT2D eigenvalue weighted by Gasteiger charge is 2.38. The van der Waals surface area contributed by atoms with Crippen LogP contribution in [0.25, 0.3) is 0 Å². The summed E-state index contributed by atoms with van der Waals surface area (Å²) in [5.41, 5.74) is 3.39. The van der Waals surface area contributed by atoms with E-state index in [2.05, 4.69) is 16.2 Å². The highest BCUT2D eigenvalue weighted by atomic mass is 16.5. The van der Waals surface area contributed by atoms with E-state index in [4.69, 9.17) is 9.26 Å². The van der Waals surface area contributed by atoms with Crippen LogP contribution in [0.5, 0.6) is 0 Å². The van der Waals surface area contributed by atoms with E-state index in [1.165, 1.54) is 17.5 Å². The molecule has 0 radical (unpaired) electrons. The average molecular weight is 327 g/mol. The van der Waals surface area contributed by atoms with Crippen LogP contribution in [0.15, 0.2) is 22.7 Å². The van der Waals surface area contributed by atoms with Crippen molar-refractivity contribution in [2.24, 2.45) is 0 Å². The molecule has 0 bridgehead atoms. The molecule has 0 unspecified atom stereocenters. The average Bonchev–Trinajstić information content (AvgIpc) is 3.21. The Morgan fingerprint density at radius 1 is 1.29 bits per heavy atom. The second-order valence-corrected chi connectivity index (χ2v) is 6.54. The molecular formula is C18H21N3O3. The number of hydrogen-bond acceptors (Lipinski definition) is 5. The van der Waals surface area contributed by atoms with Crippen molar-refractivity contribution < 1.29 is 14.1 Å². The number of carbonyl (C=O) groups excluding carboxylic acids is 1. The minimum Gasteiger partial charge on any atom is -0.374 e. The van der Waals surface area contributed by atoms with Crippen molar-refractivity contribution in [3.63, 3.8) is 0 Å². The van der Waals surface area contributed by atoms with Gasteiger partial charge in [0.25, 0.3) is 11.8 Å². The Bertz CT molecular complexity index is 771. The summed E-state index contributed by atoms with van der Waals surface area (Å²) < 4.78 is 11.1. The highest BCUT2D eigenvalue weighted by Crippen LogP contribution is 2.31. The second-order valence-electron chi connectivity index (χ2n) is 6.54. The van der Waals surface area contributed by atoms with Crippen LogP contribution in [0.1, 0.15) is 52.6 Å². The number of ether oxygens (including phenoxy) is 1. The van der Waals surface area contributed by atoms with Gasteiger partial charge in [0.1, 0.15) is 6.04 Å². The van der Waals surface area contributed by atoms with Gasteiger partial charge in [-0.2, -0.15) is 4.98 Å². The number of carbonyl (C=O) groups is 1. The molecule has 1 aliphatic heterocycles. The largest absolute Gasteiger partial charge is 0.374 e. The molecule has 1 amide bonds. The van der Waals surface area contributed by atoms with E-state index in [0.29, 0.717) is 24.9 Å². The minimum atomic E-state index is -0.347. The van der Waals surface area contributed by atoms with Crippen LogP contribution < -0.4 is 0 Å². The zero-order valence-electron chi connectivity index (χ0n) is 14.0. The summed E-state index contributed by atoms with van der Waals surface area (Å²) in [6.07, 6.45) is 3.16. The van der Waals surface area contributed by atoms with Crippen LogP contribution in [-0.4, -0.2) is 40.2 Å². The van der Waals surface area contributed by atoms with E-state index in [-0.39, 0.29) is 18.1 Å². The van der Waals surface area contributed by atoms with E-state index in [9.17, 15) is 4.79 Å². The predicted octanol–water partition coefficient (Wildman–Crippen LogP) is 2.47. The van der Waals surface area contributed by atoms with Gasteiger partial charge in [-0.3, -0.25) is 4.79 Å². The van der Waals surface area contributed by atoms with Crippen molar-refractivity contribution in [1.29, 1.82) is 0 Å². The Hall–Kier alpha value is -2.21. The third-order valence-electron chi connectivity index (χ3n) is 4.90. The van der Waals surface area contributed by atoms with Gasteiger partial charge in [0.15, 0.2) is 5.82 Å². The summed E-state index contributed by atoms with van der Waals surface area (Å²) in [7, 11) is 0. The van der Waals surface area contributed by atoms with Crippen LogP contribution >= 0.6 is 0 Å². The number of rotatable bonds is 2. The Kier molecular flexibility index (Phi) is 3.84. The first kappa shape index (κ1) is 15.3. The molecule has 2 atom stereocenters. The minimum absolute atomic E-state index is 0.000651. The SMILES string of the molecule is Cc1noc([C@@H]2[C@@H](C)OCCN2C(=O)c2ccc3c(c2)CCC3)n1. The predicted molar refractivity (Wildman–Crippen MR) is 86.7 cm³/mol. The first-order valence-corrected chi connectivity index (χ1v) is 8.48. The maximum Gasteiger partial charge on any atom is 0.254 e. The standard InChI is InChI=1S/C18H21N3O3/c1-11-16(17-19-12(2)20-24-17)21(8-9-23-11)18(22)15-7-6-13-4-3-5-14(13)10-15/h6-7,10-11,16H,3-5,8-9H2,1-2H3/t11-,16+/m1/s1. The summed E-state index contributed by atoms with van der Waals surface area (Å²) in [6, 6.07) is 5.72. The van der Waals surface area contributed by atoms with E-state index >= 15 is 0 Å². The molecular weight excluding hydrogens is 306 g/mol. The van der Waals surface area contributed by atoms with Gasteiger partial charge in [-0.1, -0.05) is 11.2 Å². The van der Waals surface area contributed by atoms with Crippen molar-refractivity contribution >= 4 is 5.91 Å². The lowest BCUT2D eigenvalue weighted by atomic mass is 10.0. The number of hydrogen-bond donors (Lipinski definition) is 0. The fourth-order valence-electron chi connectivity index (χ4n) is 3.69. The Morgan fingerprint density at radius 2 is 2.12 bits per heavy atom. The summed E-state index contributed by atoms with van der Waals surface area (Å²) in [5, 5.41) is 3.86. The maximum atomic E-state index is 13.1. The van der Waals surface area contributed by atoms with Gasteiger partial charge in [-0.05, 0) is 56.4 Å². The van der Waals surface area contributed by atoms with Crippen LogP contribution in [0.3, 0.4) is 0 Å². The lowest BCUT2D eigenvalue weighted by Crippen LogP contribution is -2.47. The zero-order chi connectivity index (χ0) is 16.7. The lowest BCUT2D eigenvalue weighted by Gasteiger charge is -2.37. The van der Waals surface area contributed by atoms with Crippen molar-refractivity contribution in [2.45, 2.75) is 45.3 Å². The fraction of sp³-hybridized carbons (Fsp3) is 0.500. The zero-order valence-corrected chi connectivity index (χ0v) is 14.0. The Morgan fingerprint density at radius 3 is 2.92 bits per heavy atom. The molecule has 1 aromatic carbocycles. The van der Waals surface area contributed by atoms with Crippen molar-refractivity contribution in [1.82, 2.24) is 15.0 Å². The molecule has 1 fully saturated rings. The molecule has 24 heavy (non-hydrogen) atoms. The molecule has 1 saturated heterocycles. The Labute approximate surface area is 140 Å². The molecule has 2 heterocycles. The van der Waals surface area contributed by atoms with Gasteiger partial charge in [0, 0.05) is 12.1 Å². The van der Waals surface area contributed by atoms with Gasteiger partial charge in [0.2, 0.25) is 0 Å². The molecule has 1 aromatic heterocycles.